The average Bonchev–Trinajstić information content (AvgIpc) is 2.29. The molecule has 4 heteroatoms. The van der Waals surface area contributed by atoms with Crippen LogP contribution in [0.15, 0.2) is 0 Å². The first-order chi connectivity index (χ1) is 8.38. The van der Waals surface area contributed by atoms with Gasteiger partial charge in [-0.1, -0.05) is 27.2 Å². The highest BCUT2D eigenvalue weighted by Crippen LogP contribution is 2.36. The van der Waals surface area contributed by atoms with E-state index in [4.69, 9.17) is 5.11 Å². The van der Waals surface area contributed by atoms with Crippen LogP contribution in [-0.2, 0) is 9.59 Å². The van der Waals surface area contributed by atoms with Crippen LogP contribution < -0.4 is 0 Å². The normalized spacial score (nSPS) is 28.2. The average molecular weight is 255 g/mol. The van der Waals surface area contributed by atoms with Crippen molar-refractivity contribution in [1.29, 1.82) is 0 Å². The molecule has 1 aliphatic carbocycles. The maximum atomic E-state index is 11.8. The number of aliphatic carboxylic acids is 1. The summed E-state index contributed by atoms with van der Waals surface area (Å²) in [6.07, 6.45) is 3.20. The smallest absolute Gasteiger partial charge is 0.394 e. The molecule has 0 aromatic carbocycles. The van der Waals surface area contributed by atoms with E-state index in [-0.39, 0.29) is 6.04 Å². The Morgan fingerprint density at radius 1 is 1.33 bits per heavy atom. The molecule has 0 heterocycles. The van der Waals surface area contributed by atoms with Gasteiger partial charge in [-0.15, -0.1) is 0 Å². The van der Waals surface area contributed by atoms with E-state index in [0.29, 0.717) is 24.3 Å². The maximum absolute atomic E-state index is 11.8. The SMILES string of the molecule is CCN(C(=O)C(=O)O)[C@@H]1C[C@H](C)CC[C@H]1C(C)C. The molecule has 4 nitrogen and oxygen atoms in total. The predicted octanol–water partition coefficient (Wildman–Crippen LogP) is 2.38. The number of rotatable bonds is 3. The first kappa shape index (κ1) is 15.0. The highest BCUT2D eigenvalue weighted by molar-refractivity contribution is 6.31. The molecule has 0 saturated heterocycles. The van der Waals surface area contributed by atoms with E-state index in [2.05, 4.69) is 20.8 Å². The van der Waals surface area contributed by atoms with Crippen LogP contribution in [0.4, 0.5) is 0 Å². The van der Waals surface area contributed by atoms with E-state index >= 15 is 0 Å². The van der Waals surface area contributed by atoms with Crippen molar-refractivity contribution in [2.75, 3.05) is 6.54 Å². The first-order valence-electron chi connectivity index (χ1n) is 6.92. The Bertz CT molecular complexity index is 314. The van der Waals surface area contributed by atoms with Crippen LogP contribution in [-0.4, -0.2) is 34.5 Å². The summed E-state index contributed by atoms with van der Waals surface area (Å²) in [6, 6.07) is 0.0855. The van der Waals surface area contributed by atoms with Gasteiger partial charge in [-0.25, -0.2) is 4.79 Å². The molecule has 0 aliphatic heterocycles. The lowest BCUT2D eigenvalue weighted by Gasteiger charge is -2.43. The quantitative estimate of drug-likeness (QED) is 0.788. The number of amides is 1. The zero-order chi connectivity index (χ0) is 13.9. The van der Waals surface area contributed by atoms with E-state index in [9.17, 15) is 9.59 Å². The van der Waals surface area contributed by atoms with Crippen molar-refractivity contribution in [3.8, 4) is 0 Å². The Labute approximate surface area is 109 Å². The molecule has 0 unspecified atom stereocenters. The summed E-state index contributed by atoms with van der Waals surface area (Å²) in [5, 5.41) is 8.91. The van der Waals surface area contributed by atoms with Gasteiger partial charge in [0.1, 0.15) is 0 Å². The van der Waals surface area contributed by atoms with Crippen LogP contribution in [0.5, 0.6) is 0 Å². The summed E-state index contributed by atoms with van der Waals surface area (Å²) in [5.74, 6) is -0.608. The molecule has 1 saturated carbocycles. The minimum absolute atomic E-state index is 0.0855. The van der Waals surface area contributed by atoms with Gasteiger partial charge in [0.2, 0.25) is 0 Å². The van der Waals surface area contributed by atoms with Crippen LogP contribution >= 0.6 is 0 Å². The first-order valence-corrected chi connectivity index (χ1v) is 6.92. The van der Waals surface area contributed by atoms with Gasteiger partial charge in [0, 0.05) is 12.6 Å². The number of carbonyl (C=O) groups excluding carboxylic acids is 1. The van der Waals surface area contributed by atoms with Crippen LogP contribution in [0, 0.1) is 17.8 Å². The molecule has 3 atom stereocenters. The fraction of sp³-hybridized carbons (Fsp3) is 0.857. The van der Waals surface area contributed by atoms with E-state index in [0.717, 1.165) is 12.8 Å². The number of hydrogen-bond acceptors (Lipinski definition) is 2. The second-order valence-corrected chi connectivity index (χ2v) is 5.79. The summed E-state index contributed by atoms with van der Waals surface area (Å²) in [6.45, 7) is 8.84. The van der Waals surface area contributed by atoms with Crippen molar-refractivity contribution in [3.05, 3.63) is 0 Å². The van der Waals surface area contributed by atoms with Crippen LogP contribution in [0.1, 0.15) is 47.0 Å². The Morgan fingerprint density at radius 2 is 1.94 bits per heavy atom. The van der Waals surface area contributed by atoms with Crippen molar-refractivity contribution in [2.24, 2.45) is 17.8 Å². The lowest BCUT2D eigenvalue weighted by molar-refractivity contribution is -0.158. The number of carboxylic acids is 1. The molecule has 0 aromatic heterocycles. The topological polar surface area (TPSA) is 57.6 Å². The third-order valence-electron chi connectivity index (χ3n) is 4.17. The van der Waals surface area contributed by atoms with E-state index in [1.807, 2.05) is 6.92 Å². The number of hydrogen-bond donors (Lipinski definition) is 1. The Hall–Kier alpha value is -1.06. The van der Waals surface area contributed by atoms with E-state index in [1.165, 1.54) is 6.42 Å². The summed E-state index contributed by atoms with van der Waals surface area (Å²) < 4.78 is 0. The molecule has 0 bridgehead atoms. The summed E-state index contributed by atoms with van der Waals surface area (Å²) in [4.78, 5) is 24.2. The van der Waals surface area contributed by atoms with Gasteiger partial charge >= 0.3 is 11.9 Å². The molecular weight excluding hydrogens is 230 g/mol. The number of carbonyl (C=O) groups is 2. The fourth-order valence-corrected chi connectivity index (χ4v) is 3.16. The molecule has 1 amide bonds. The molecule has 1 rings (SSSR count). The molecule has 104 valence electrons. The summed E-state index contributed by atoms with van der Waals surface area (Å²) >= 11 is 0. The Morgan fingerprint density at radius 3 is 2.39 bits per heavy atom. The van der Waals surface area contributed by atoms with Gasteiger partial charge in [-0.3, -0.25) is 4.79 Å². The molecule has 0 aromatic rings. The standard InChI is InChI=1S/C14H25NO3/c1-5-15(13(16)14(17)18)12-8-10(4)6-7-11(12)9(2)3/h9-12H,5-8H2,1-4H3,(H,17,18)/t10-,11+,12-/m1/s1. The lowest BCUT2D eigenvalue weighted by atomic mass is 9.73. The fourth-order valence-electron chi connectivity index (χ4n) is 3.16. The van der Waals surface area contributed by atoms with Crippen molar-refractivity contribution >= 4 is 11.9 Å². The number of nitrogens with zero attached hydrogens (tertiary/aromatic N) is 1. The predicted molar refractivity (Wildman–Crippen MR) is 70.2 cm³/mol. The van der Waals surface area contributed by atoms with E-state index in [1.54, 1.807) is 4.90 Å². The number of likely N-dealkylation sites (N-methyl/N-ethyl adjacent to an activating group) is 1. The van der Waals surface area contributed by atoms with Crippen molar-refractivity contribution in [2.45, 2.75) is 53.0 Å². The zero-order valence-electron chi connectivity index (χ0n) is 11.8. The van der Waals surface area contributed by atoms with Crippen molar-refractivity contribution < 1.29 is 14.7 Å². The van der Waals surface area contributed by atoms with Gasteiger partial charge < -0.3 is 10.0 Å². The zero-order valence-corrected chi connectivity index (χ0v) is 11.8. The van der Waals surface area contributed by atoms with Gasteiger partial charge in [0.05, 0.1) is 0 Å². The Kier molecular flexibility index (Phi) is 5.17. The molecule has 18 heavy (non-hydrogen) atoms. The summed E-state index contributed by atoms with van der Waals surface area (Å²) in [5.41, 5.74) is 0. The molecule has 1 fully saturated rings. The van der Waals surface area contributed by atoms with E-state index < -0.39 is 11.9 Å². The van der Waals surface area contributed by atoms with Gasteiger partial charge in [-0.2, -0.15) is 0 Å². The molecular formula is C14H25NO3. The maximum Gasteiger partial charge on any atom is 0.394 e. The van der Waals surface area contributed by atoms with Crippen LogP contribution in [0.3, 0.4) is 0 Å². The minimum Gasteiger partial charge on any atom is -0.474 e. The Balaban J connectivity index is 2.91. The largest absolute Gasteiger partial charge is 0.474 e. The highest BCUT2D eigenvalue weighted by Gasteiger charge is 2.37. The van der Waals surface area contributed by atoms with Crippen LogP contribution in [0.2, 0.25) is 0 Å². The lowest BCUT2D eigenvalue weighted by Crippen LogP contribution is -2.50. The van der Waals surface area contributed by atoms with Gasteiger partial charge in [0.25, 0.3) is 0 Å². The van der Waals surface area contributed by atoms with Gasteiger partial charge in [-0.05, 0) is 37.5 Å². The highest BCUT2D eigenvalue weighted by atomic mass is 16.4. The molecule has 0 spiro atoms. The monoisotopic (exact) mass is 255 g/mol. The second kappa shape index (κ2) is 6.21. The second-order valence-electron chi connectivity index (χ2n) is 5.79. The van der Waals surface area contributed by atoms with Crippen LogP contribution in [0.25, 0.3) is 0 Å². The third kappa shape index (κ3) is 3.24. The molecule has 0 radical (unpaired) electrons. The number of carboxylic acid groups (broad SMARTS) is 1. The summed E-state index contributed by atoms with van der Waals surface area (Å²) in [7, 11) is 0. The van der Waals surface area contributed by atoms with Crippen molar-refractivity contribution in [1.82, 2.24) is 4.90 Å². The van der Waals surface area contributed by atoms with Crippen molar-refractivity contribution in [3.63, 3.8) is 0 Å². The minimum atomic E-state index is -1.34. The molecule has 1 N–H and O–H groups in total. The molecule has 1 aliphatic rings. The third-order valence-corrected chi connectivity index (χ3v) is 4.17. The van der Waals surface area contributed by atoms with Gasteiger partial charge in [0.15, 0.2) is 0 Å².